The summed E-state index contributed by atoms with van der Waals surface area (Å²) in [6, 6.07) is 0. The van der Waals surface area contributed by atoms with Gasteiger partial charge in [0.05, 0.1) is 0 Å². The molecule has 2 aliphatic rings. The van der Waals surface area contributed by atoms with Crippen molar-refractivity contribution in [2.24, 2.45) is 5.92 Å². The number of hydrogen-bond donors (Lipinski definition) is 1. The lowest BCUT2D eigenvalue weighted by Crippen LogP contribution is -2.42. The van der Waals surface area contributed by atoms with Crippen molar-refractivity contribution in [3.05, 3.63) is 0 Å². The molecule has 0 aromatic heterocycles. The Kier molecular flexibility index (Phi) is 5.64. The average molecular weight is 328 g/mol. The molecule has 0 bridgehead atoms. The van der Waals surface area contributed by atoms with Crippen molar-refractivity contribution < 1.29 is 14.3 Å². The number of amides is 2. The van der Waals surface area contributed by atoms with Crippen LogP contribution in [0, 0.1) is 5.92 Å². The van der Waals surface area contributed by atoms with Crippen molar-refractivity contribution in [1.29, 1.82) is 0 Å². The molecule has 1 atom stereocenters. The number of carbonyl (C=O) groups excluding carboxylic acids is 2. The molecular weight excluding hydrogens is 300 g/mol. The third-order valence-corrected chi connectivity index (χ3v) is 4.61. The van der Waals surface area contributed by atoms with Crippen molar-refractivity contribution in [3.63, 3.8) is 0 Å². The van der Waals surface area contributed by atoms with E-state index in [0.717, 1.165) is 45.4 Å². The SMILES string of the molecule is CC(C)(C)OC(=O)N1CCC(CCN2CC(S)CC2=O)CC1. The van der Waals surface area contributed by atoms with Crippen LogP contribution in [0.25, 0.3) is 0 Å². The molecule has 22 heavy (non-hydrogen) atoms. The summed E-state index contributed by atoms with van der Waals surface area (Å²) in [5, 5.41) is 0.196. The van der Waals surface area contributed by atoms with Gasteiger partial charge in [-0.25, -0.2) is 4.79 Å². The van der Waals surface area contributed by atoms with E-state index in [4.69, 9.17) is 4.74 Å². The Labute approximate surface area is 138 Å². The molecule has 0 aromatic rings. The minimum atomic E-state index is -0.437. The minimum Gasteiger partial charge on any atom is -0.444 e. The molecule has 6 heteroatoms. The molecule has 1 unspecified atom stereocenters. The van der Waals surface area contributed by atoms with Crippen molar-refractivity contribution in [2.45, 2.75) is 57.3 Å². The highest BCUT2D eigenvalue weighted by molar-refractivity contribution is 7.81. The number of nitrogens with zero attached hydrogens (tertiary/aromatic N) is 2. The van der Waals surface area contributed by atoms with E-state index in [1.165, 1.54) is 0 Å². The Morgan fingerprint density at radius 2 is 1.95 bits per heavy atom. The zero-order valence-corrected chi connectivity index (χ0v) is 14.8. The van der Waals surface area contributed by atoms with Crippen LogP contribution in [-0.2, 0) is 9.53 Å². The second-order valence-electron chi connectivity index (χ2n) is 7.40. The fourth-order valence-electron chi connectivity index (χ4n) is 3.04. The molecule has 0 N–H and O–H groups in total. The lowest BCUT2D eigenvalue weighted by Gasteiger charge is -2.34. The van der Waals surface area contributed by atoms with Crippen LogP contribution in [0.2, 0.25) is 0 Å². The first-order valence-corrected chi connectivity index (χ1v) is 8.70. The third-order valence-electron chi connectivity index (χ3n) is 4.27. The highest BCUT2D eigenvalue weighted by atomic mass is 32.1. The standard InChI is InChI=1S/C16H28N2O3S/c1-16(2,3)21-15(20)17-7-4-12(5-8-17)6-9-18-11-13(22)10-14(18)19/h12-13,22H,4-11H2,1-3H3. The average Bonchev–Trinajstić information content (AvgIpc) is 2.73. The predicted molar refractivity (Wildman–Crippen MR) is 89.1 cm³/mol. The molecule has 0 saturated carbocycles. The zero-order chi connectivity index (χ0) is 16.3. The van der Waals surface area contributed by atoms with Gasteiger partial charge in [0.1, 0.15) is 5.60 Å². The minimum absolute atomic E-state index is 0.196. The first kappa shape index (κ1) is 17.4. The third kappa shape index (κ3) is 5.07. The number of rotatable bonds is 3. The van der Waals surface area contributed by atoms with E-state index in [9.17, 15) is 9.59 Å². The summed E-state index contributed by atoms with van der Waals surface area (Å²) in [5.41, 5.74) is -0.437. The van der Waals surface area contributed by atoms with Crippen LogP contribution in [0.15, 0.2) is 0 Å². The second kappa shape index (κ2) is 7.11. The van der Waals surface area contributed by atoms with Gasteiger partial charge in [-0.3, -0.25) is 4.79 Å². The Balaban J connectivity index is 1.69. The molecule has 5 nitrogen and oxygen atoms in total. The fourth-order valence-corrected chi connectivity index (χ4v) is 3.39. The fraction of sp³-hybridized carbons (Fsp3) is 0.875. The summed E-state index contributed by atoms with van der Waals surface area (Å²) in [5.74, 6) is 0.816. The highest BCUT2D eigenvalue weighted by Gasteiger charge is 2.29. The Morgan fingerprint density at radius 3 is 2.45 bits per heavy atom. The number of thiol groups is 1. The van der Waals surface area contributed by atoms with E-state index in [-0.39, 0.29) is 17.3 Å². The van der Waals surface area contributed by atoms with Gasteiger partial charge in [-0.15, -0.1) is 0 Å². The summed E-state index contributed by atoms with van der Waals surface area (Å²) in [4.78, 5) is 27.5. The van der Waals surface area contributed by atoms with Crippen molar-refractivity contribution >= 4 is 24.6 Å². The zero-order valence-electron chi connectivity index (χ0n) is 13.9. The van der Waals surface area contributed by atoms with Crippen molar-refractivity contribution in [3.8, 4) is 0 Å². The van der Waals surface area contributed by atoms with Gasteiger partial charge in [0.25, 0.3) is 0 Å². The van der Waals surface area contributed by atoms with Gasteiger partial charge in [-0.1, -0.05) is 0 Å². The molecule has 2 saturated heterocycles. The molecule has 2 aliphatic heterocycles. The van der Waals surface area contributed by atoms with Gasteiger partial charge in [0, 0.05) is 37.8 Å². The summed E-state index contributed by atoms with van der Waals surface area (Å²) in [6.45, 7) is 8.77. The number of carbonyl (C=O) groups is 2. The van der Waals surface area contributed by atoms with Crippen LogP contribution in [0.5, 0.6) is 0 Å². The maximum atomic E-state index is 12.0. The monoisotopic (exact) mass is 328 g/mol. The molecule has 2 heterocycles. The summed E-state index contributed by atoms with van der Waals surface area (Å²) in [7, 11) is 0. The molecule has 2 rings (SSSR count). The predicted octanol–water partition coefficient (Wildman–Crippen LogP) is 2.55. The Morgan fingerprint density at radius 1 is 1.32 bits per heavy atom. The van der Waals surface area contributed by atoms with E-state index < -0.39 is 5.60 Å². The summed E-state index contributed by atoms with van der Waals surface area (Å²) < 4.78 is 5.41. The maximum Gasteiger partial charge on any atom is 0.410 e. The molecule has 126 valence electrons. The van der Waals surface area contributed by atoms with Crippen LogP contribution in [0.1, 0.15) is 46.5 Å². The van der Waals surface area contributed by atoms with Crippen LogP contribution in [0.3, 0.4) is 0 Å². The normalized spacial score (nSPS) is 24.0. The van der Waals surface area contributed by atoms with E-state index in [0.29, 0.717) is 12.3 Å². The largest absolute Gasteiger partial charge is 0.444 e. The van der Waals surface area contributed by atoms with Gasteiger partial charge >= 0.3 is 6.09 Å². The lowest BCUT2D eigenvalue weighted by molar-refractivity contribution is -0.127. The van der Waals surface area contributed by atoms with Gasteiger partial charge in [-0.2, -0.15) is 12.6 Å². The van der Waals surface area contributed by atoms with E-state index >= 15 is 0 Å². The van der Waals surface area contributed by atoms with Crippen LogP contribution >= 0.6 is 12.6 Å². The first-order valence-electron chi connectivity index (χ1n) is 8.18. The molecule has 2 fully saturated rings. The maximum absolute atomic E-state index is 12.0. The first-order chi connectivity index (χ1) is 10.2. The van der Waals surface area contributed by atoms with Gasteiger partial charge in [0.15, 0.2) is 0 Å². The number of hydrogen-bond acceptors (Lipinski definition) is 4. The van der Waals surface area contributed by atoms with Crippen molar-refractivity contribution in [1.82, 2.24) is 9.80 Å². The highest BCUT2D eigenvalue weighted by Crippen LogP contribution is 2.24. The molecule has 2 amide bonds. The number of piperidine rings is 1. The lowest BCUT2D eigenvalue weighted by atomic mass is 9.93. The molecule has 0 spiro atoms. The van der Waals surface area contributed by atoms with Gasteiger partial charge < -0.3 is 14.5 Å². The second-order valence-corrected chi connectivity index (χ2v) is 8.13. The van der Waals surface area contributed by atoms with Crippen molar-refractivity contribution in [2.75, 3.05) is 26.2 Å². The van der Waals surface area contributed by atoms with E-state index in [1.807, 2.05) is 25.7 Å². The Bertz CT molecular complexity index is 414. The van der Waals surface area contributed by atoms with E-state index in [2.05, 4.69) is 12.6 Å². The summed E-state index contributed by atoms with van der Waals surface area (Å²) in [6.07, 6.45) is 3.37. The smallest absolute Gasteiger partial charge is 0.410 e. The molecule has 0 aliphatic carbocycles. The molecule has 0 radical (unpaired) electrons. The quantitative estimate of drug-likeness (QED) is 0.810. The topological polar surface area (TPSA) is 49.9 Å². The van der Waals surface area contributed by atoms with Crippen LogP contribution in [-0.4, -0.2) is 58.8 Å². The molecule has 0 aromatic carbocycles. The molecular formula is C16H28N2O3S. The van der Waals surface area contributed by atoms with E-state index in [1.54, 1.807) is 4.90 Å². The number of likely N-dealkylation sites (tertiary alicyclic amines) is 2. The van der Waals surface area contributed by atoms with Gasteiger partial charge in [-0.05, 0) is 46.0 Å². The van der Waals surface area contributed by atoms with Crippen LogP contribution < -0.4 is 0 Å². The van der Waals surface area contributed by atoms with Crippen LogP contribution in [0.4, 0.5) is 4.79 Å². The summed E-state index contributed by atoms with van der Waals surface area (Å²) >= 11 is 4.38. The van der Waals surface area contributed by atoms with Gasteiger partial charge in [0.2, 0.25) is 5.91 Å². The number of ether oxygens (including phenoxy) is 1. The Hall–Kier alpha value is -0.910.